The second-order valence-electron chi connectivity index (χ2n) is 2.27. The predicted octanol–water partition coefficient (Wildman–Crippen LogP) is 2.47. The molecule has 0 spiro atoms. The molecule has 12 heavy (non-hydrogen) atoms. The summed E-state index contributed by atoms with van der Waals surface area (Å²) in [6, 6.07) is 4.61. The average molecular weight is 203 g/mol. The van der Waals surface area contributed by atoms with Gasteiger partial charge in [-0.2, -0.15) is 12.6 Å². The Bertz CT molecular complexity index is 312. The highest BCUT2D eigenvalue weighted by atomic mass is 35.5. The van der Waals surface area contributed by atoms with E-state index in [1.807, 2.05) is 0 Å². The van der Waals surface area contributed by atoms with Gasteiger partial charge in [0.1, 0.15) is 0 Å². The fourth-order valence-electron chi connectivity index (χ4n) is 0.809. The fourth-order valence-corrected chi connectivity index (χ4v) is 1.42. The molecule has 0 bridgehead atoms. The highest BCUT2D eigenvalue weighted by molar-refractivity contribution is 7.79. The van der Waals surface area contributed by atoms with E-state index in [1.54, 1.807) is 6.07 Å². The molecular weight excluding hydrogens is 196 g/mol. The molecular formula is C8H7ClO2S. The van der Waals surface area contributed by atoms with Gasteiger partial charge in [-0.25, -0.2) is 4.79 Å². The Labute approximate surface area is 80.6 Å². The van der Waals surface area contributed by atoms with Gasteiger partial charge in [-0.1, -0.05) is 17.7 Å². The molecule has 0 aliphatic rings. The quantitative estimate of drug-likeness (QED) is 0.723. The zero-order valence-electron chi connectivity index (χ0n) is 6.12. The minimum absolute atomic E-state index is 0.200. The molecule has 0 fully saturated rings. The number of carboxylic acids is 1. The molecule has 0 saturated carbocycles. The zero-order valence-corrected chi connectivity index (χ0v) is 7.77. The second-order valence-corrected chi connectivity index (χ2v) is 2.99. The molecule has 1 aromatic rings. The maximum atomic E-state index is 10.5. The Morgan fingerprint density at radius 2 is 2.25 bits per heavy atom. The van der Waals surface area contributed by atoms with E-state index in [0.717, 1.165) is 5.56 Å². The van der Waals surface area contributed by atoms with Gasteiger partial charge in [-0.05, 0) is 17.7 Å². The molecule has 4 heteroatoms. The molecule has 0 saturated heterocycles. The van der Waals surface area contributed by atoms with Crippen molar-refractivity contribution in [2.45, 2.75) is 5.75 Å². The molecule has 0 unspecified atom stereocenters. The lowest BCUT2D eigenvalue weighted by atomic mass is 10.1. The summed E-state index contributed by atoms with van der Waals surface area (Å²) in [4.78, 5) is 10.5. The second kappa shape index (κ2) is 3.83. The van der Waals surface area contributed by atoms with Gasteiger partial charge in [0.05, 0.1) is 5.56 Å². The Morgan fingerprint density at radius 3 is 2.67 bits per heavy atom. The first kappa shape index (κ1) is 9.42. The summed E-state index contributed by atoms with van der Waals surface area (Å²) < 4.78 is 0. The van der Waals surface area contributed by atoms with E-state index in [0.29, 0.717) is 10.8 Å². The number of hydrogen-bond donors (Lipinski definition) is 2. The fraction of sp³-hybridized carbons (Fsp3) is 0.125. The van der Waals surface area contributed by atoms with Crippen molar-refractivity contribution in [3.05, 3.63) is 34.3 Å². The maximum absolute atomic E-state index is 10.5. The summed E-state index contributed by atoms with van der Waals surface area (Å²) >= 11 is 9.80. The summed E-state index contributed by atoms with van der Waals surface area (Å²) in [6.07, 6.45) is 0. The lowest BCUT2D eigenvalue weighted by molar-refractivity contribution is 0.0697. The molecule has 0 radical (unpaired) electrons. The number of carbonyl (C=O) groups is 1. The van der Waals surface area contributed by atoms with Crippen LogP contribution in [0.25, 0.3) is 0 Å². The summed E-state index contributed by atoms with van der Waals surface area (Å²) in [5.74, 6) is -0.457. The highest BCUT2D eigenvalue weighted by Crippen LogP contribution is 2.19. The van der Waals surface area contributed by atoms with Crippen molar-refractivity contribution in [2.75, 3.05) is 0 Å². The Kier molecular flexibility index (Phi) is 3.00. The van der Waals surface area contributed by atoms with Crippen LogP contribution in [0.1, 0.15) is 15.9 Å². The summed E-state index contributed by atoms with van der Waals surface area (Å²) in [5, 5.41) is 9.04. The van der Waals surface area contributed by atoms with Crippen LogP contribution < -0.4 is 0 Å². The largest absolute Gasteiger partial charge is 0.478 e. The lowest BCUT2D eigenvalue weighted by Crippen LogP contribution is -1.96. The van der Waals surface area contributed by atoms with E-state index in [1.165, 1.54) is 12.1 Å². The van der Waals surface area contributed by atoms with Crippen LogP contribution in [0.15, 0.2) is 18.2 Å². The van der Waals surface area contributed by atoms with Crippen LogP contribution in [0.3, 0.4) is 0 Å². The first-order valence-electron chi connectivity index (χ1n) is 3.27. The Hall–Kier alpha value is -0.670. The average Bonchev–Trinajstić information content (AvgIpc) is 2.04. The van der Waals surface area contributed by atoms with Crippen LogP contribution in [-0.4, -0.2) is 11.1 Å². The third-order valence-corrected chi connectivity index (χ3v) is 2.16. The number of rotatable bonds is 2. The van der Waals surface area contributed by atoms with Crippen LogP contribution in [-0.2, 0) is 5.75 Å². The first-order valence-corrected chi connectivity index (χ1v) is 4.28. The minimum Gasteiger partial charge on any atom is -0.478 e. The van der Waals surface area contributed by atoms with Crippen molar-refractivity contribution < 1.29 is 9.90 Å². The minimum atomic E-state index is -0.970. The van der Waals surface area contributed by atoms with Gasteiger partial charge >= 0.3 is 5.97 Å². The topological polar surface area (TPSA) is 37.3 Å². The number of hydrogen-bond acceptors (Lipinski definition) is 2. The van der Waals surface area contributed by atoms with Crippen LogP contribution in [0.2, 0.25) is 5.02 Å². The standard InChI is InChI=1S/C8H7ClO2S/c9-7-3-5(8(10)11)1-2-6(7)4-12/h1-3,12H,4H2,(H,10,11). The SMILES string of the molecule is O=C(O)c1ccc(CS)c(Cl)c1. The van der Waals surface area contributed by atoms with Gasteiger partial charge in [0.25, 0.3) is 0 Å². The third kappa shape index (κ3) is 1.93. The normalized spacial score (nSPS) is 9.83. The maximum Gasteiger partial charge on any atom is 0.335 e. The summed E-state index contributed by atoms with van der Waals surface area (Å²) in [7, 11) is 0. The van der Waals surface area contributed by atoms with Crippen molar-refractivity contribution in [1.29, 1.82) is 0 Å². The molecule has 0 amide bonds. The predicted molar refractivity (Wildman–Crippen MR) is 51.1 cm³/mol. The van der Waals surface area contributed by atoms with Crippen molar-refractivity contribution in [3.63, 3.8) is 0 Å². The van der Waals surface area contributed by atoms with Gasteiger partial charge < -0.3 is 5.11 Å². The zero-order chi connectivity index (χ0) is 9.14. The molecule has 1 N–H and O–H groups in total. The summed E-state index contributed by atoms with van der Waals surface area (Å²) in [5.41, 5.74) is 1.04. The van der Waals surface area contributed by atoms with E-state index in [-0.39, 0.29) is 5.56 Å². The van der Waals surface area contributed by atoms with Gasteiger partial charge in [0.2, 0.25) is 0 Å². The van der Waals surface area contributed by atoms with Crippen molar-refractivity contribution in [2.24, 2.45) is 0 Å². The number of thiol groups is 1. The van der Waals surface area contributed by atoms with Crippen LogP contribution in [0.4, 0.5) is 0 Å². The molecule has 0 heterocycles. The molecule has 0 aromatic heterocycles. The monoisotopic (exact) mass is 202 g/mol. The van der Waals surface area contributed by atoms with Crippen LogP contribution >= 0.6 is 24.2 Å². The van der Waals surface area contributed by atoms with Crippen molar-refractivity contribution in [1.82, 2.24) is 0 Å². The first-order chi connectivity index (χ1) is 5.65. The van der Waals surface area contributed by atoms with E-state index < -0.39 is 5.97 Å². The van der Waals surface area contributed by atoms with E-state index in [2.05, 4.69) is 12.6 Å². The molecule has 64 valence electrons. The number of carboxylic acid groups (broad SMARTS) is 1. The summed E-state index contributed by atoms with van der Waals surface area (Å²) in [6.45, 7) is 0. The molecule has 1 aromatic carbocycles. The van der Waals surface area contributed by atoms with Crippen molar-refractivity contribution in [3.8, 4) is 0 Å². The number of halogens is 1. The lowest BCUT2D eigenvalue weighted by Gasteiger charge is -2.00. The van der Waals surface area contributed by atoms with Gasteiger partial charge in [0, 0.05) is 10.8 Å². The number of benzene rings is 1. The third-order valence-electron chi connectivity index (χ3n) is 1.47. The molecule has 0 aliphatic heterocycles. The Balaban J connectivity index is 3.10. The smallest absolute Gasteiger partial charge is 0.335 e. The Morgan fingerprint density at radius 1 is 1.58 bits per heavy atom. The number of aromatic carboxylic acids is 1. The molecule has 0 aliphatic carbocycles. The van der Waals surface area contributed by atoms with Crippen LogP contribution in [0.5, 0.6) is 0 Å². The molecule has 2 nitrogen and oxygen atoms in total. The van der Waals surface area contributed by atoms with E-state index in [9.17, 15) is 4.79 Å². The van der Waals surface area contributed by atoms with Crippen molar-refractivity contribution >= 4 is 30.2 Å². The van der Waals surface area contributed by atoms with E-state index >= 15 is 0 Å². The van der Waals surface area contributed by atoms with Gasteiger partial charge in [-0.15, -0.1) is 0 Å². The van der Waals surface area contributed by atoms with Crippen LogP contribution in [0, 0.1) is 0 Å². The molecule has 1 rings (SSSR count). The molecule has 0 atom stereocenters. The van der Waals surface area contributed by atoms with E-state index in [4.69, 9.17) is 16.7 Å². The van der Waals surface area contributed by atoms with Gasteiger partial charge in [0.15, 0.2) is 0 Å². The highest BCUT2D eigenvalue weighted by Gasteiger charge is 2.05. The van der Waals surface area contributed by atoms with Gasteiger partial charge in [-0.3, -0.25) is 0 Å².